The van der Waals surface area contributed by atoms with Crippen LogP contribution in [0.2, 0.25) is 0 Å². The highest BCUT2D eigenvalue weighted by Gasteiger charge is 2.23. The molecule has 1 aliphatic heterocycles. The third kappa shape index (κ3) is 7.23. The summed E-state index contributed by atoms with van der Waals surface area (Å²) in [5.74, 6) is 0.814. The van der Waals surface area contributed by atoms with Crippen LogP contribution in [0.25, 0.3) is 0 Å². The summed E-state index contributed by atoms with van der Waals surface area (Å²) in [5, 5.41) is 3.82. The second-order valence-corrected chi connectivity index (χ2v) is 6.76. The number of nitrogens with one attached hydrogen (secondary N) is 1. The zero-order valence-electron chi connectivity index (χ0n) is 17.1. The zero-order chi connectivity index (χ0) is 21.9. The molecular formula is C20H25N5O5S. The number of nitrogens with zero attached hydrogens (tertiary/aromatic N) is 4. The molecule has 2 aromatic rings. The first kappa shape index (κ1) is 22.5. The van der Waals surface area contributed by atoms with Crippen LogP contribution in [0.5, 0.6) is 18.0 Å². The van der Waals surface area contributed by atoms with E-state index in [9.17, 15) is 0 Å². The Hall–Kier alpha value is -3.18. The fraction of sp³-hybridized carbons (Fsp3) is 0.400. The van der Waals surface area contributed by atoms with Crippen molar-refractivity contribution in [3.8, 4) is 18.0 Å². The lowest BCUT2D eigenvalue weighted by molar-refractivity contribution is -0.0306. The van der Waals surface area contributed by atoms with Gasteiger partial charge in [-0.2, -0.15) is 0 Å². The molecule has 0 saturated carbocycles. The fourth-order valence-corrected chi connectivity index (χ4v) is 2.88. The summed E-state index contributed by atoms with van der Waals surface area (Å²) in [4.78, 5) is 14.4. The van der Waals surface area contributed by atoms with Crippen molar-refractivity contribution in [1.29, 1.82) is 0 Å². The lowest BCUT2D eigenvalue weighted by Crippen LogP contribution is -2.50. The first-order valence-corrected chi connectivity index (χ1v) is 10.1. The fourth-order valence-electron chi connectivity index (χ4n) is 2.64. The van der Waals surface area contributed by atoms with Gasteiger partial charge in [0.2, 0.25) is 0 Å². The smallest absolute Gasteiger partial charge is 0.326 e. The predicted octanol–water partition coefficient (Wildman–Crippen LogP) is 1.75. The molecule has 0 aliphatic carbocycles. The monoisotopic (exact) mass is 447 g/mol. The van der Waals surface area contributed by atoms with E-state index >= 15 is 0 Å². The molecule has 166 valence electrons. The van der Waals surface area contributed by atoms with Crippen molar-refractivity contribution < 1.29 is 23.4 Å². The Bertz CT molecular complexity index is 833. The average molecular weight is 448 g/mol. The van der Waals surface area contributed by atoms with Crippen molar-refractivity contribution in [3.05, 3.63) is 49.5 Å². The number of morpholine rings is 1. The topological polar surface area (TPSA) is 104 Å². The van der Waals surface area contributed by atoms with Gasteiger partial charge in [0.25, 0.3) is 0 Å². The number of hydrogen-bond donors (Lipinski definition) is 1. The van der Waals surface area contributed by atoms with Gasteiger partial charge in [0, 0.05) is 13.1 Å². The van der Waals surface area contributed by atoms with Crippen LogP contribution in [0, 0.1) is 0 Å². The molecule has 1 fully saturated rings. The highest BCUT2D eigenvalue weighted by atomic mass is 32.1. The predicted molar refractivity (Wildman–Crippen MR) is 116 cm³/mol. The molecule has 2 aromatic heterocycles. The second-order valence-electron chi connectivity index (χ2n) is 6.37. The van der Waals surface area contributed by atoms with Gasteiger partial charge in [-0.15, -0.1) is 15.0 Å². The normalized spacial score (nSPS) is 15.7. The molecule has 0 aromatic carbocycles. The van der Waals surface area contributed by atoms with E-state index in [4.69, 9.17) is 35.6 Å². The van der Waals surface area contributed by atoms with Crippen molar-refractivity contribution in [1.82, 2.24) is 25.2 Å². The Morgan fingerprint density at radius 2 is 1.84 bits per heavy atom. The number of hydrogen-bond acceptors (Lipinski definition) is 9. The standard InChI is InChI=1S/C20H25N5O5S/c1-3-8-28-17-22-18(29-9-4-2)24-19(23-17)30-14-16-13-25(7-11-27-16)20(31)21-12-15-6-5-10-26-15/h3-6,10,16H,1-2,7-9,11-14H2,(H,21,31)/t16-/m0/s1. The average Bonchev–Trinajstić information content (AvgIpc) is 3.32. The Labute approximate surface area is 185 Å². The maximum atomic E-state index is 5.79. The highest BCUT2D eigenvalue weighted by molar-refractivity contribution is 7.80. The maximum absolute atomic E-state index is 5.79. The summed E-state index contributed by atoms with van der Waals surface area (Å²) >= 11 is 5.49. The number of ether oxygens (including phenoxy) is 4. The summed E-state index contributed by atoms with van der Waals surface area (Å²) in [5.41, 5.74) is 0. The molecule has 10 nitrogen and oxygen atoms in total. The van der Waals surface area contributed by atoms with Crippen LogP contribution in [0.4, 0.5) is 0 Å². The van der Waals surface area contributed by atoms with Crippen LogP contribution in [-0.2, 0) is 11.3 Å². The summed E-state index contributed by atoms with van der Waals surface area (Å²) in [6.07, 6.45) is 4.58. The first-order chi connectivity index (χ1) is 15.2. The van der Waals surface area contributed by atoms with Crippen molar-refractivity contribution in [3.63, 3.8) is 0 Å². The van der Waals surface area contributed by atoms with Gasteiger partial charge in [0.1, 0.15) is 31.7 Å². The third-order valence-electron chi connectivity index (χ3n) is 4.05. The van der Waals surface area contributed by atoms with Gasteiger partial charge in [0.15, 0.2) is 5.11 Å². The molecule has 0 amide bonds. The van der Waals surface area contributed by atoms with E-state index in [1.165, 1.54) is 0 Å². The first-order valence-electron chi connectivity index (χ1n) is 9.71. The molecule has 3 rings (SSSR count). The number of thiocarbonyl (C=S) groups is 1. The van der Waals surface area contributed by atoms with E-state index in [0.717, 1.165) is 5.76 Å². The number of furan rings is 1. The Kier molecular flexibility index (Phi) is 8.61. The van der Waals surface area contributed by atoms with Crippen LogP contribution in [0.3, 0.4) is 0 Å². The van der Waals surface area contributed by atoms with Gasteiger partial charge in [-0.05, 0) is 24.4 Å². The summed E-state index contributed by atoms with van der Waals surface area (Å²) in [7, 11) is 0. The lowest BCUT2D eigenvalue weighted by Gasteiger charge is -2.34. The van der Waals surface area contributed by atoms with E-state index in [2.05, 4.69) is 33.4 Å². The van der Waals surface area contributed by atoms with E-state index in [1.54, 1.807) is 18.4 Å². The third-order valence-corrected chi connectivity index (χ3v) is 4.46. The molecule has 0 spiro atoms. The Morgan fingerprint density at radius 1 is 1.16 bits per heavy atom. The Balaban J connectivity index is 1.53. The highest BCUT2D eigenvalue weighted by Crippen LogP contribution is 2.16. The van der Waals surface area contributed by atoms with E-state index in [-0.39, 0.29) is 44.0 Å². The van der Waals surface area contributed by atoms with Gasteiger partial charge in [0.05, 0.1) is 19.4 Å². The molecule has 1 N–H and O–H groups in total. The summed E-state index contributed by atoms with van der Waals surface area (Å²) < 4.78 is 27.6. The van der Waals surface area contributed by atoms with Gasteiger partial charge in [-0.1, -0.05) is 25.3 Å². The molecule has 11 heteroatoms. The minimum atomic E-state index is -0.219. The molecule has 1 saturated heterocycles. The van der Waals surface area contributed by atoms with Crippen LogP contribution < -0.4 is 19.5 Å². The molecule has 0 bridgehead atoms. The molecule has 31 heavy (non-hydrogen) atoms. The minimum Gasteiger partial charge on any atom is -0.467 e. The SMILES string of the molecule is C=CCOc1nc(OCC=C)nc(OC[C@@H]2CN(C(=S)NCc3ccco3)CCO2)n1. The molecule has 1 aliphatic rings. The molecule has 3 heterocycles. The van der Waals surface area contributed by atoms with Crippen molar-refractivity contribution in [2.75, 3.05) is 39.5 Å². The number of rotatable bonds is 11. The molecule has 1 atom stereocenters. The van der Waals surface area contributed by atoms with Crippen LogP contribution in [-0.4, -0.2) is 70.6 Å². The van der Waals surface area contributed by atoms with Crippen molar-refractivity contribution >= 4 is 17.3 Å². The summed E-state index contributed by atoms with van der Waals surface area (Å²) in [6, 6.07) is 3.97. The van der Waals surface area contributed by atoms with Crippen LogP contribution in [0.15, 0.2) is 48.1 Å². The lowest BCUT2D eigenvalue weighted by atomic mass is 10.3. The minimum absolute atomic E-state index is 0.0763. The van der Waals surface area contributed by atoms with E-state index in [0.29, 0.717) is 31.4 Å². The Morgan fingerprint density at radius 3 is 2.45 bits per heavy atom. The van der Waals surface area contributed by atoms with Gasteiger partial charge < -0.3 is 33.6 Å². The summed E-state index contributed by atoms with van der Waals surface area (Å²) in [6.45, 7) is 10.2. The largest absolute Gasteiger partial charge is 0.467 e. The van der Waals surface area contributed by atoms with Crippen molar-refractivity contribution in [2.24, 2.45) is 0 Å². The van der Waals surface area contributed by atoms with Crippen LogP contribution >= 0.6 is 12.2 Å². The second kappa shape index (κ2) is 11.9. The maximum Gasteiger partial charge on any atom is 0.326 e. The number of aromatic nitrogens is 3. The zero-order valence-corrected chi connectivity index (χ0v) is 17.9. The molecule has 0 radical (unpaired) electrons. The van der Waals surface area contributed by atoms with Gasteiger partial charge in [-0.25, -0.2) is 0 Å². The molecular weight excluding hydrogens is 422 g/mol. The quantitative estimate of drug-likeness (QED) is 0.402. The van der Waals surface area contributed by atoms with E-state index < -0.39 is 0 Å². The van der Waals surface area contributed by atoms with Gasteiger partial charge in [-0.3, -0.25) is 0 Å². The van der Waals surface area contributed by atoms with Crippen molar-refractivity contribution in [2.45, 2.75) is 12.6 Å². The van der Waals surface area contributed by atoms with E-state index in [1.807, 2.05) is 17.0 Å². The van der Waals surface area contributed by atoms with Gasteiger partial charge >= 0.3 is 18.0 Å². The molecule has 0 unspecified atom stereocenters. The van der Waals surface area contributed by atoms with Crippen LogP contribution in [0.1, 0.15) is 5.76 Å².